The second-order valence-corrected chi connectivity index (χ2v) is 5.26. The number of anilines is 1. The highest BCUT2D eigenvalue weighted by atomic mass is 32.1. The molecule has 0 saturated carbocycles. The quantitative estimate of drug-likeness (QED) is 0.886. The minimum atomic E-state index is -0.172. The molecule has 3 amide bonds. The third-order valence-electron chi connectivity index (χ3n) is 3.04. The highest BCUT2D eigenvalue weighted by molar-refractivity contribution is 7.17. The summed E-state index contributed by atoms with van der Waals surface area (Å²) in [5, 5.41) is 6.08. The fraction of sp³-hybridized carbons (Fsp3) is 0.583. The van der Waals surface area contributed by atoms with E-state index >= 15 is 0 Å². The Bertz CT molecular complexity index is 482. The van der Waals surface area contributed by atoms with Gasteiger partial charge < -0.3 is 10.2 Å². The van der Waals surface area contributed by atoms with Crippen molar-refractivity contribution < 1.29 is 9.59 Å². The van der Waals surface area contributed by atoms with E-state index in [4.69, 9.17) is 0 Å². The van der Waals surface area contributed by atoms with Gasteiger partial charge in [0, 0.05) is 19.6 Å². The van der Waals surface area contributed by atoms with Crippen LogP contribution in [-0.4, -0.2) is 41.5 Å². The molecule has 0 radical (unpaired) electrons. The highest BCUT2D eigenvalue weighted by Gasteiger charge is 2.21. The molecule has 7 heteroatoms. The summed E-state index contributed by atoms with van der Waals surface area (Å²) in [7, 11) is 0. The van der Waals surface area contributed by atoms with Crippen LogP contribution in [0.25, 0.3) is 0 Å². The lowest BCUT2D eigenvalue weighted by Crippen LogP contribution is -2.34. The molecule has 0 spiro atoms. The molecule has 19 heavy (non-hydrogen) atoms. The van der Waals surface area contributed by atoms with Crippen LogP contribution in [0.3, 0.4) is 0 Å². The maximum atomic E-state index is 11.9. The molecule has 2 rings (SSSR count). The van der Waals surface area contributed by atoms with Gasteiger partial charge in [-0.25, -0.2) is 9.78 Å². The van der Waals surface area contributed by atoms with Crippen LogP contribution in [0.2, 0.25) is 0 Å². The number of hydrogen-bond donors (Lipinski definition) is 2. The minimum absolute atomic E-state index is 0.0895. The van der Waals surface area contributed by atoms with Crippen LogP contribution >= 0.6 is 11.3 Å². The first-order valence-electron chi connectivity index (χ1n) is 6.49. The van der Waals surface area contributed by atoms with Crippen molar-refractivity contribution in [1.82, 2.24) is 15.2 Å². The van der Waals surface area contributed by atoms with Crippen LogP contribution in [-0.2, 0) is 6.42 Å². The molecule has 0 aromatic carbocycles. The van der Waals surface area contributed by atoms with Gasteiger partial charge in [-0.15, -0.1) is 0 Å². The molecule has 1 aliphatic heterocycles. The molecule has 0 saturated heterocycles. The van der Waals surface area contributed by atoms with E-state index in [9.17, 15) is 9.59 Å². The molecule has 0 bridgehead atoms. The second kappa shape index (κ2) is 6.01. The average Bonchev–Trinajstić information content (AvgIpc) is 2.71. The number of carbonyl (C=O) groups excluding carboxylic acids is 2. The molecule has 1 aromatic heterocycles. The summed E-state index contributed by atoms with van der Waals surface area (Å²) in [6.07, 6.45) is 1.65. The van der Waals surface area contributed by atoms with Crippen molar-refractivity contribution in [2.24, 2.45) is 0 Å². The maximum absolute atomic E-state index is 11.9. The molecule has 104 valence electrons. The smallest absolute Gasteiger partial charge is 0.323 e. The fourth-order valence-electron chi connectivity index (χ4n) is 1.97. The Morgan fingerprint density at radius 2 is 2.21 bits per heavy atom. The number of aromatic nitrogens is 1. The van der Waals surface area contributed by atoms with Gasteiger partial charge in [-0.2, -0.15) is 0 Å². The molecule has 0 unspecified atom stereocenters. The van der Waals surface area contributed by atoms with Gasteiger partial charge in [0.15, 0.2) is 5.13 Å². The number of rotatable bonds is 3. The molecule has 1 aromatic rings. The highest BCUT2D eigenvalue weighted by Crippen LogP contribution is 2.25. The zero-order chi connectivity index (χ0) is 13.8. The van der Waals surface area contributed by atoms with Crippen LogP contribution in [0.4, 0.5) is 9.93 Å². The second-order valence-electron chi connectivity index (χ2n) is 4.26. The average molecular weight is 282 g/mol. The SMILES string of the molecule is CCN(CC)C(=O)Nc1nc2c(s1)C(=O)NCCC2. The van der Waals surface area contributed by atoms with E-state index in [0.29, 0.717) is 29.6 Å². The van der Waals surface area contributed by atoms with Crippen molar-refractivity contribution >= 4 is 28.4 Å². The number of amides is 3. The number of urea groups is 1. The molecule has 0 aliphatic carbocycles. The van der Waals surface area contributed by atoms with E-state index in [2.05, 4.69) is 15.6 Å². The van der Waals surface area contributed by atoms with Crippen molar-refractivity contribution in [3.8, 4) is 0 Å². The normalized spacial score (nSPS) is 14.3. The number of hydrogen-bond acceptors (Lipinski definition) is 4. The van der Waals surface area contributed by atoms with Crippen molar-refractivity contribution in [3.63, 3.8) is 0 Å². The Balaban J connectivity index is 2.12. The van der Waals surface area contributed by atoms with Crippen LogP contribution in [0.15, 0.2) is 0 Å². The molecule has 6 nitrogen and oxygen atoms in total. The zero-order valence-electron chi connectivity index (χ0n) is 11.2. The summed E-state index contributed by atoms with van der Waals surface area (Å²) >= 11 is 1.24. The predicted octanol–water partition coefficient (Wildman–Crippen LogP) is 1.69. The van der Waals surface area contributed by atoms with Gasteiger partial charge in [0.25, 0.3) is 5.91 Å². The first-order valence-corrected chi connectivity index (χ1v) is 7.31. The van der Waals surface area contributed by atoms with Crippen LogP contribution in [0.1, 0.15) is 35.6 Å². The summed E-state index contributed by atoms with van der Waals surface area (Å²) in [5.74, 6) is -0.0895. The Morgan fingerprint density at radius 1 is 1.47 bits per heavy atom. The van der Waals surface area contributed by atoms with Crippen molar-refractivity contribution in [2.45, 2.75) is 26.7 Å². The van der Waals surface area contributed by atoms with Crippen LogP contribution in [0, 0.1) is 0 Å². The molecule has 0 fully saturated rings. The first kappa shape index (κ1) is 13.8. The third-order valence-corrected chi connectivity index (χ3v) is 4.06. The van der Waals surface area contributed by atoms with Crippen LogP contribution in [0.5, 0.6) is 0 Å². The third kappa shape index (κ3) is 3.04. The minimum Gasteiger partial charge on any atom is -0.351 e. The van der Waals surface area contributed by atoms with E-state index < -0.39 is 0 Å². The summed E-state index contributed by atoms with van der Waals surface area (Å²) in [6.45, 7) is 5.83. The van der Waals surface area contributed by atoms with Gasteiger partial charge in [0.2, 0.25) is 0 Å². The van der Waals surface area contributed by atoms with Crippen LogP contribution < -0.4 is 10.6 Å². The molecular weight excluding hydrogens is 264 g/mol. The number of aryl methyl sites for hydroxylation is 1. The predicted molar refractivity (Wildman–Crippen MR) is 74.7 cm³/mol. The number of nitrogens with one attached hydrogen (secondary N) is 2. The van der Waals surface area contributed by atoms with Gasteiger partial charge in [-0.3, -0.25) is 10.1 Å². The monoisotopic (exact) mass is 282 g/mol. The Hall–Kier alpha value is -1.63. The van der Waals surface area contributed by atoms with Crippen molar-refractivity contribution in [3.05, 3.63) is 10.6 Å². The standard InChI is InChI=1S/C12H18N4O2S/c1-3-16(4-2)12(18)15-11-14-8-6-5-7-13-10(17)9(8)19-11/h3-7H2,1-2H3,(H,13,17)(H,14,15,18). The molecule has 2 heterocycles. The van der Waals surface area contributed by atoms with Crippen molar-refractivity contribution in [1.29, 1.82) is 0 Å². The maximum Gasteiger partial charge on any atom is 0.323 e. The fourth-order valence-corrected chi connectivity index (χ4v) is 2.89. The number of nitrogens with zero attached hydrogens (tertiary/aromatic N) is 2. The van der Waals surface area contributed by atoms with E-state index in [1.165, 1.54) is 11.3 Å². The summed E-state index contributed by atoms with van der Waals surface area (Å²) in [5.41, 5.74) is 0.787. The molecule has 1 aliphatic rings. The van der Waals surface area contributed by atoms with Crippen molar-refractivity contribution in [2.75, 3.05) is 25.0 Å². The Morgan fingerprint density at radius 3 is 2.89 bits per heavy atom. The zero-order valence-corrected chi connectivity index (χ0v) is 12.0. The van der Waals surface area contributed by atoms with Gasteiger partial charge >= 0.3 is 6.03 Å². The van der Waals surface area contributed by atoms with Gasteiger partial charge in [0.1, 0.15) is 4.88 Å². The van der Waals surface area contributed by atoms with Gasteiger partial charge in [0.05, 0.1) is 5.69 Å². The topological polar surface area (TPSA) is 74.3 Å². The van der Waals surface area contributed by atoms with E-state index in [1.807, 2.05) is 13.8 Å². The summed E-state index contributed by atoms with van der Waals surface area (Å²) in [4.78, 5) is 30.3. The van der Waals surface area contributed by atoms with E-state index in [1.54, 1.807) is 4.90 Å². The molecule has 2 N–H and O–H groups in total. The lowest BCUT2D eigenvalue weighted by Gasteiger charge is -2.17. The van der Waals surface area contributed by atoms with E-state index in [0.717, 1.165) is 18.5 Å². The van der Waals surface area contributed by atoms with Gasteiger partial charge in [-0.1, -0.05) is 11.3 Å². The number of fused-ring (bicyclic) bond motifs is 1. The summed E-state index contributed by atoms with van der Waals surface area (Å²) in [6, 6.07) is -0.172. The number of carbonyl (C=O) groups is 2. The summed E-state index contributed by atoms with van der Waals surface area (Å²) < 4.78 is 0. The largest absolute Gasteiger partial charge is 0.351 e. The molecular formula is C12H18N4O2S. The number of thiazole rings is 1. The molecule has 0 atom stereocenters. The first-order chi connectivity index (χ1) is 9.15. The lowest BCUT2D eigenvalue weighted by atomic mass is 10.2. The Kier molecular flexibility index (Phi) is 4.36. The lowest BCUT2D eigenvalue weighted by molar-refractivity contribution is 0.0960. The Labute approximate surface area is 116 Å². The van der Waals surface area contributed by atoms with Gasteiger partial charge in [-0.05, 0) is 26.7 Å². The van der Waals surface area contributed by atoms with E-state index in [-0.39, 0.29) is 11.9 Å².